The van der Waals surface area contributed by atoms with Crippen molar-refractivity contribution in [2.45, 2.75) is 25.8 Å². The lowest BCUT2D eigenvalue weighted by molar-refractivity contribution is -0.120. The first kappa shape index (κ1) is 13.9. The largest absolute Gasteiger partial charge is 0.341 e. The highest BCUT2D eigenvalue weighted by molar-refractivity contribution is 5.94. The Morgan fingerprint density at radius 2 is 2.12 bits per heavy atom. The van der Waals surface area contributed by atoms with Gasteiger partial charge in [0.25, 0.3) is 0 Å². The van der Waals surface area contributed by atoms with Gasteiger partial charge in [0.1, 0.15) is 0 Å². The summed E-state index contributed by atoms with van der Waals surface area (Å²) in [5.74, 6) is -0.237. The van der Waals surface area contributed by atoms with E-state index in [1.54, 1.807) is 0 Å². The van der Waals surface area contributed by atoms with E-state index in [1.807, 2.05) is 0 Å². The van der Waals surface area contributed by atoms with Crippen LogP contribution in [-0.2, 0) is 4.79 Å². The Morgan fingerprint density at radius 1 is 1.41 bits per heavy atom. The highest BCUT2D eigenvalue weighted by atomic mass is 16.2. The lowest BCUT2D eigenvalue weighted by Gasteiger charge is -2.42. The summed E-state index contributed by atoms with van der Waals surface area (Å²) in [5, 5.41) is 7.95. The SMILES string of the molecule is CNC(=O)NC(=O)CCN1CCNCC1(C)C. The lowest BCUT2D eigenvalue weighted by atomic mass is 10.00. The van der Waals surface area contributed by atoms with Gasteiger partial charge >= 0.3 is 6.03 Å². The van der Waals surface area contributed by atoms with Crippen molar-refractivity contribution in [2.75, 3.05) is 33.2 Å². The van der Waals surface area contributed by atoms with E-state index in [0.717, 1.165) is 19.6 Å². The molecule has 1 aliphatic rings. The molecule has 0 aromatic rings. The molecule has 6 heteroatoms. The molecule has 0 atom stereocenters. The quantitative estimate of drug-likeness (QED) is 0.625. The second-order valence-corrected chi connectivity index (χ2v) is 4.85. The Hall–Kier alpha value is -1.14. The first-order valence-electron chi connectivity index (χ1n) is 5.93. The molecule has 17 heavy (non-hydrogen) atoms. The van der Waals surface area contributed by atoms with E-state index >= 15 is 0 Å². The summed E-state index contributed by atoms with van der Waals surface area (Å²) in [7, 11) is 1.49. The molecule has 0 saturated carbocycles. The van der Waals surface area contributed by atoms with Gasteiger partial charge in [0, 0.05) is 45.2 Å². The van der Waals surface area contributed by atoms with Crippen LogP contribution in [0.2, 0.25) is 0 Å². The minimum Gasteiger partial charge on any atom is -0.341 e. The van der Waals surface area contributed by atoms with E-state index in [1.165, 1.54) is 7.05 Å². The molecule has 1 rings (SSSR count). The fourth-order valence-electron chi connectivity index (χ4n) is 1.93. The van der Waals surface area contributed by atoms with E-state index < -0.39 is 6.03 Å². The van der Waals surface area contributed by atoms with Crippen molar-refractivity contribution in [2.24, 2.45) is 0 Å². The molecule has 1 fully saturated rings. The van der Waals surface area contributed by atoms with Crippen LogP contribution < -0.4 is 16.0 Å². The Balaban J connectivity index is 2.34. The van der Waals surface area contributed by atoms with E-state index in [-0.39, 0.29) is 11.4 Å². The molecule has 1 heterocycles. The number of rotatable bonds is 3. The summed E-state index contributed by atoms with van der Waals surface area (Å²) in [6.45, 7) is 7.77. The van der Waals surface area contributed by atoms with Gasteiger partial charge in [-0.2, -0.15) is 0 Å². The average Bonchev–Trinajstić information content (AvgIpc) is 2.26. The first-order chi connectivity index (χ1) is 7.95. The molecule has 0 radical (unpaired) electrons. The molecule has 0 aromatic carbocycles. The number of nitrogens with one attached hydrogen (secondary N) is 3. The monoisotopic (exact) mass is 242 g/mol. The number of amides is 3. The third-order valence-electron chi connectivity index (χ3n) is 3.06. The fraction of sp³-hybridized carbons (Fsp3) is 0.818. The number of hydrogen-bond donors (Lipinski definition) is 3. The maximum Gasteiger partial charge on any atom is 0.321 e. The van der Waals surface area contributed by atoms with E-state index in [4.69, 9.17) is 0 Å². The molecule has 1 aliphatic heterocycles. The highest BCUT2D eigenvalue weighted by Crippen LogP contribution is 2.15. The molecule has 1 saturated heterocycles. The van der Waals surface area contributed by atoms with Crippen molar-refractivity contribution in [3.05, 3.63) is 0 Å². The molecule has 0 bridgehead atoms. The van der Waals surface area contributed by atoms with Gasteiger partial charge < -0.3 is 10.6 Å². The third kappa shape index (κ3) is 4.32. The van der Waals surface area contributed by atoms with Crippen LogP contribution in [0.25, 0.3) is 0 Å². The predicted molar refractivity (Wildman–Crippen MR) is 65.7 cm³/mol. The smallest absolute Gasteiger partial charge is 0.321 e. The van der Waals surface area contributed by atoms with E-state index in [2.05, 4.69) is 34.7 Å². The second-order valence-electron chi connectivity index (χ2n) is 4.85. The fourth-order valence-corrected chi connectivity index (χ4v) is 1.93. The zero-order chi connectivity index (χ0) is 12.9. The summed E-state index contributed by atoms with van der Waals surface area (Å²) in [5.41, 5.74) is 0.0611. The number of imide groups is 1. The Kier molecular flexibility index (Phi) is 4.89. The van der Waals surface area contributed by atoms with Crippen LogP contribution in [0.1, 0.15) is 20.3 Å². The van der Waals surface area contributed by atoms with Crippen molar-refractivity contribution in [3.63, 3.8) is 0 Å². The molecule has 98 valence electrons. The van der Waals surface area contributed by atoms with Crippen LogP contribution in [0.3, 0.4) is 0 Å². The van der Waals surface area contributed by atoms with Crippen LogP contribution >= 0.6 is 0 Å². The topological polar surface area (TPSA) is 73.5 Å². The van der Waals surface area contributed by atoms with Gasteiger partial charge in [0.15, 0.2) is 0 Å². The summed E-state index contributed by atoms with van der Waals surface area (Å²) in [6, 6.07) is -0.449. The summed E-state index contributed by atoms with van der Waals surface area (Å²) < 4.78 is 0. The maximum atomic E-state index is 11.5. The molecule has 6 nitrogen and oxygen atoms in total. The molecule has 3 N–H and O–H groups in total. The van der Waals surface area contributed by atoms with Gasteiger partial charge in [-0.15, -0.1) is 0 Å². The van der Waals surface area contributed by atoms with Crippen molar-refractivity contribution in [1.29, 1.82) is 0 Å². The Morgan fingerprint density at radius 3 is 2.71 bits per heavy atom. The molecular weight excluding hydrogens is 220 g/mol. The van der Waals surface area contributed by atoms with Crippen LogP contribution in [0.4, 0.5) is 4.79 Å². The van der Waals surface area contributed by atoms with Gasteiger partial charge in [-0.25, -0.2) is 4.79 Å². The van der Waals surface area contributed by atoms with Crippen molar-refractivity contribution >= 4 is 11.9 Å². The molecule has 0 aromatic heterocycles. The van der Waals surface area contributed by atoms with Crippen molar-refractivity contribution < 1.29 is 9.59 Å². The predicted octanol–water partition coefficient (Wildman–Crippen LogP) is -0.484. The summed E-state index contributed by atoms with van der Waals surface area (Å²) in [6.07, 6.45) is 0.344. The number of carbonyl (C=O) groups is 2. The number of urea groups is 1. The minimum absolute atomic E-state index is 0.0611. The number of piperazine rings is 1. The standard InChI is InChI=1S/C11H22N4O2/c1-11(2)8-13-5-7-15(11)6-4-9(16)14-10(17)12-3/h13H,4-8H2,1-3H3,(H2,12,14,16,17). The summed E-state index contributed by atoms with van der Waals surface area (Å²) >= 11 is 0. The van der Waals surface area contributed by atoms with Crippen LogP contribution in [0, 0.1) is 0 Å². The highest BCUT2D eigenvalue weighted by Gasteiger charge is 2.29. The minimum atomic E-state index is -0.449. The zero-order valence-electron chi connectivity index (χ0n) is 10.8. The first-order valence-corrected chi connectivity index (χ1v) is 5.93. The lowest BCUT2D eigenvalue weighted by Crippen LogP contribution is -2.58. The molecule has 0 unspecified atom stereocenters. The Labute approximate surface area is 102 Å². The zero-order valence-corrected chi connectivity index (χ0v) is 10.8. The van der Waals surface area contributed by atoms with Crippen molar-refractivity contribution in [3.8, 4) is 0 Å². The number of hydrogen-bond acceptors (Lipinski definition) is 4. The number of carbonyl (C=O) groups excluding carboxylic acids is 2. The molecule has 0 spiro atoms. The van der Waals surface area contributed by atoms with E-state index in [0.29, 0.717) is 13.0 Å². The normalized spacial score (nSPS) is 19.7. The molecule has 3 amide bonds. The van der Waals surface area contributed by atoms with Gasteiger partial charge in [0.05, 0.1) is 0 Å². The van der Waals surface area contributed by atoms with Gasteiger partial charge in [-0.3, -0.25) is 15.0 Å². The van der Waals surface area contributed by atoms with Gasteiger partial charge in [0.2, 0.25) is 5.91 Å². The number of nitrogens with zero attached hydrogens (tertiary/aromatic N) is 1. The average molecular weight is 242 g/mol. The van der Waals surface area contributed by atoms with Gasteiger partial charge in [-0.05, 0) is 13.8 Å². The second kappa shape index (κ2) is 5.97. The van der Waals surface area contributed by atoms with Crippen LogP contribution in [0.15, 0.2) is 0 Å². The third-order valence-corrected chi connectivity index (χ3v) is 3.06. The van der Waals surface area contributed by atoms with E-state index in [9.17, 15) is 9.59 Å². The molecule has 0 aliphatic carbocycles. The van der Waals surface area contributed by atoms with Crippen molar-refractivity contribution in [1.82, 2.24) is 20.9 Å². The van der Waals surface area contributed by atoms with Crippen LogP contribution in [0.5, 0.6) is 0 Å². The van der Waals surface area contributed by atoms with Crippen LogP contribution in [-0.4, -0.2) is 55.6 Å². The molecular formula is C11H22N4O2. The Bertz CT molecular complexity index is 291. The maximum absolute atomic E-state index is 11.5. The summed E-state index contributed by atoms with van der Waals surface area (Å²) in [4.78, 5) is 24.7. The van der Waals surface area contributed by atoms with Gasteiger partial charge in [-0.1, -0.05) is 0 Å².